The van der Waals surface area contributed by atoms with Crippen molar-refractivity contribution in [2.45, 2.75) is 26.3 Å². The fraction of sp³-hybridized carbons (Fsp3) is 0.250. The largest absolute Gasteiger partial charge is 0.330 e. The molecular weight excluding hydrogens is 320 g/mol. The van der Waals surface area contributed by atoms with Gasteiger partial charge in [0.15, 0.2) is 0 Å². The average molecular weight is 336 g/mol. The van der Waals surface area contributed by atoms with Crippen LogP contribution in [-0.4, -0.2) is 39.7 Å². The molecule has 4 heterocycles. The van der Waals surface area contributed by atoms with Gasteiger partial charge in [-0.05, 0) is 32.9 Å². The first-order valence-electron chi connectivity index (χ1n) is 7.73. The van der Waals surface area contributed by atoms with E-state index in [9.17, 15) is 0 Å². The minimum Gasteiger partial charge on any atom is -0.330 e. The zero-order chi connectivity index (χ0) is 17.4. The standard InChI is InChI=1S/C16H16N8O/c1-16(2,3)24-10-18-14(21-24)15-20-13(22-25-15)11-5-7-17-9-12(11)23-8-4-6-19-23/h4-10H,1-3H3. The highest BCUT2D eigenvalue weighted by Gasteiger charge is 2.20. The highest BCUT2D eigenvalue weighted by atomic mass is 16.5. The van der Waals surface area contributed by atoms with Crippen LogP contribution in [0.15, 0.2) is 47.8 Å². The van der Waals surface area contributed by atoms with E-state index in [2.05, 4.69) is 30.3 Å². The Morgan fingerprint density at radius 1 is 1.12 bits per heavy atom. The van der Waals surface area contributed by atoms with Crippen molar-refractivity contribution in [1.82, 2.24) is 39.7 Å². The average Bonchev–Trinajstić information content (AvgIpc) is 3.33. The molecule has 0 saturated heterocycles. The van der Waals surface area contributed by atoms with Crippen LogP contribution in [0.1, 0.15) is 20.8 Å². The SMILES string of the molecule is CC(C)(C)n1cnc(-c2nc(-c3ccncc3-n3cccn3)no2)n1. The molecule has 0 unspecified atom stereocenters. The Kier molecular flexibility index (Phi) is 3.41. The maximum Gasteiger partial charge on any atom is 0.297 e. The Balaban J connectivity index is 1.72. The van der Waals surface area contributed by atoms with Crippen molar-refractivity contribution < 1.29 is 4.52 Å². The molecule has 0 spiro atoms. The molecule has 0 aliphatic carbocycles. The molecule has 0 radical (unpaired) electrons. The molecule has 0 aliphatic heterocycles. The lowest BCUT2D eigenvalue weighted by Gasteiger charge is -2.17. The summed E-state index contributed by atoms with van der Waals surface area (Å²) < 4.78 is 8.81. The van der Waals surface area contributed by atoms with Gasteiger partial charge < -0.3 is 4.52 Å². The molecule has 9 nitrogen and oxygen atoms in total. The Morgan fingerprint density at radius 2 is 2.00 bits per heavy atom. The van der Waals surface area contributed by atoms with Gasteiger partial charge in [-0.2, -0.15) is 10.1 Å². The molecule has 4 rings (SSSR count). The summed E-state index contributed by atoms with van der Waals surface area (Å²) in [6, 6.07) is 3.65. The highest BCUT2D eigenvalue weighted by Crippen LogP contribution is 2.25. The number of nitrogens with zero attached hydrogens (tertiary/aromatic N) is 8. The Hall–Kier alpha value is -3.36. The van der Waals surface area contributed by atoms with Crippen molar-refractivity contribution in [3.8, 4) is 28.8 Å². The zero-order valence-electron chi connectivity index (χ0n) is 14.0. The van der Waals surface area contributed by atoms with Crippen LogP contribution in [-0.2, 0) is 5.54 Å². The number of rotatable bonds is 3. The molecule has 0 fully saturated rings. The lowest BCUT2D eigenvalue weighted by Crippen LogP contribution is -2.22. The van der Waals surface area contributed by atoms with Crippen molar-refractivity contribution in [3.63, 3.8) is 0 Å². The number of hydrogen-bond acceptors (Lipinski definition) is 7. The van der Waals surface area contributed by atoms with E-state index in [0.717, 1.165) is 11.3 Å². The molecule has 4 aromatic heterocycles. The van der Waals surface area contributed by atoms with Crippen LogP contribution in [0.2, 0.25) is 0 Å². The van der Waals surface area contributed by atoms with E-state index in [1.165, 1.54) is 0 Å². The number of hydrogen-bond donors (Lipinski definition) is 0. The van der Waals surface area contributed by atoms with Crippen LogP contribution >= 0.6 is 0 Å². The summed E-state index contributed by atoms with van der Waals surface area (Å²) >= 11 is 0. The first kappa shape index (κ1) is 15.2. The van der Waals surface area contributed by atoms with Crippen LogP contribution in [0.4, 0.5) is 0 Å². The topological polar surface area (TPSA) is 100 Å². The minimum atomic E-state index is -0.174. The van der Waals surface area contributed by atoms with Crippen LogP contribution in [0.25, 0.3) is 28.8 Å². The maximum absolute atomic E-state index is 5.35. The molecule has 0 saturated carbocycles. The summed E-state index contributed by atoms with van der Waals surface area (Å²) in [7, 11) is 0. The summed E-state index contributed by atoms with van der Waals surface area (Å²) in [6.07, 6.45) is 8.55. The van der Waals surface area contributed by atoms with Crippen LogP contribution in [0.5, 0.6) is 0 Å². The molecule has 0 aromatic carbocycles. The lowest BCUT2D eigenvalue weighted by atomic mass is 10.1. The van der Waals surface area contributed by atoms with Gasteiger partial charge in [-0.15, -0.1) is 5.10 Å². The smallest absolute Gasteiger partial charge is 0.297 e. The van der Waals surface area contributed by atoms with E-state index in [1.54, 1.807) is 34.3 Å². The Morgan fingerprint density at radius 3 is 2.72 bits per heavy atom. The van der Waals surface area contributed by atoms with Crippen molar-refractivity contribution in [2.75, 3.05) is 0 Å². The first-order chi connectivity index (χ1) is 12.0. The minimum absolute atomic E-state index is 0.174. The Bertz CT molecular complexity index is 993. The monoisotopic (exact) mass is 336 g/mol. The Labute approximate surface area is 143 Å². The van der Waals surface area contributed by atoms with E-state index in [-0.39, 0.29) is 11.4 Å². The molecule has 25 heavy (non-hydrogen) atoms. The van der Waals surface area contributed by atoms with Gasteiger partial charge in [0, 0.05) is 18.6 Å². The van der Waals surface area contributed by atoms with Gasteiger partial charge in [0.1, 0.15) is 6.33 Å². The van der Waals surface area contributed by atoms with Gasteiger partial charge in [-0.25, -0.2) is 14.3 Å². The highest BCUT2D eigenvalue weighted by molar-refractivity contribution is 5.66. The molecule has 0 aliphatic rings. The second kappa shape index (κ2) is 5.62. The molecular formula is C16H16N8O. The van der Waals surface area contributed by atoms with Crippen molar-refractivity contribution in [2.24, 2.45) is 0 Å². The summed E-state index contributed by atoms with van der Waals surface area (Å²) in [5.41, 5.74) is 1.34. The summed E-state index contributed by atoms with van der Waals surface area (Å²) in [5, 5.41) is 12.7. The normalized spacial score (nSPS) is 11.8. The summed E-state index contributed by atoms with van der Waals surface area (Å²) in [6.45, 7) is 6.12. The molecule has 4 aromatic rings. The first-order valence-corrected chi connectivity index (χ1v) is 7.73. The van der Waals surface area contributed by atoms with Crippen molar-refractivity contribution >= 4 is 0 Å². The molecule has 0 amide bonds. The van der Waals surface area contributed by atoms with Crippen LogP contribution in [0.3, 0.4) is 0 Å². The molecule has 0 atom stereocenters. The van der Waals surface area contributed by atoms with Gasteiger partial charge in [-0.3, -0.25) is 4.98 Å². The third kappa shape index (κ3) is 2.80. The summed E-state index contributed by atoms with van der Waals surface area (Å²) in [4.78, 5) is 12.8. The van der Waals surface area contributed by atoms with Gasteiger partial charge in [0.25, 0.3) is 5.89 Å². The lowest BCUT2D eigenvalue weighted by molar-refractivity contribution is 0.353. The van der Waals surface area contributed by atoms with E-state index in [0.29, 0.717) is 11.6 Å². The predicted molar refractivity (Wildman–Crippen MR) is 88.7 cm³/mol. The van der Waals surface area contributed by atoms with Crippen LogP contribution < -0.4 is 0 Å². The van der Waals surface area contributed by atoms with Gasteiger partial charge in [0.05, 0.1) is 23.0 Å². The molecule has 0 N–H and O–H groups in total. The van der Waals surface area contributed by atoms with Gasteiger partial charge in [0.2, 0.25) is 11.6 Å². The van der Waals surface area contributed by atoms with E-state index in [4.69, 9.17) is 4.52 Å². The maximum atomic E-state index is 5.35. The quantitative estimate of drug-likeness (QED) is 0.566. The van der Waals surface area contributed by atoms with E-state index < -0.39 is 0 Å². The molecule has 126 valence electrons. The van der Waals surface area contributed by atoms with E-state index in [1.807, 2.05) is 39.1 Å². The molecule has 0 bridgehead atoms. The van der Waals surface area contributed by atoms with Crippen molar-refractivity contribution in [1.29, 1.82) is 0 Å². The fourth-order valence-corrected chi connectivity index (χ4v) is 2.28. The van der Waals surface area contributed by atoms with Gasteiger partial charge >= 0.3 is 0 Å². The predicted octanol–water partition coefficient (Wildman–Crippen LogP) is 2.33. The van der Waals surface area contributed by atoms with Gasteiger partial charge in [-0.1, -0.05) is 5.16 Å². The van der Waals surface area contributed by atoms with Crippen molar-refractivity contribution in [3.05, 3.63) is 43.2 Å². The number of aromatic nitrogens is 8. The second-order valence-corrected chi connectivity index (χ2v) is 6.45. The number of pyridine rings is 1. The van der Waals surface area contributed by atoms with E-state index >= 15 is 0 Å². The zero-order valence-corrected chi connectivity index (χ0v) is 14.0. The summed E-state index contributed by atoms with van der Waals surface area (Å²) in [5.74, 6) is 1.08. The van der Waals surface area contributed by atoms with Crippen LogP contribution in [0, 0.1) is 0 Å². The third-order valence-corrected chi connectivity index (χ3v) is 3.59. The second-order valence-electron chi connectivity index (χ2n) is 6.45. The fourth-order valence-electron chi connectivity index (χ4n) is 2.28. The third-order valence-electron chi connectivity index (χ3n) is 3.59. The molecule has 9 heteroatoms.